The monoisotopic (exact) mass is 526 g/mol. The van der Waals surface area contributed by atoms with Gasteiger partial charge in [-0.2, -0.15) is 0 Å². The van der Waals surface area contributed by atoms with Crippen LogP contribution in [0.4, 0.5) is 4.39 Å². The molecule has 2 aromatic carbocycles. The molecule has 0 unspecified atom stereocenters. The van der Waals surface area contributed by atoms with Crippen molar-refractivity contribution in [1.82, 2.24) is 4.98 Å². The van der Waals surface area contributed by atoms with Gasteiger partial charge in [-0.25, -0.2) is 4.39 Å². The molecule has 0 amide bonds. The molecule has 7 rings (SSSR count). The second-order valence-electron chi connectivity index (χ2n) is 12.1. The Balaban J connectivity index is 1.15. The minimum Gasteiger partial charge on any atom is -0.465 e. The van der Waals surface area contributed by atoms with E-state index in [0.29, 0.717) is 24.3 Å². The second-order valence-corrected chi connectivity index (χ2v) is 12.1. The van der Waals surface area contributed by atoms with E-state index in [2.05, 4.69) is 4.98 Å². The van der Waals surface area contributed by atoms with Crippen LogP contribution < -0.4 is 5.73 Å². The van der Waals surface area contributed by atoms with Gasteiger partial charge in [0.2, 0.25) is 0 Å². The predicted molar refractivity (Wildman–Crippen MR) is 147 cm³/mol. The molecule has 4 bridgehead atoms. The smallest absolute Gasteiger partial charge is 0.310 e. The van der Waals surface area contributed by atoms with Gasteiger partial charge in [0.15, 0.2) is 5.78 Å². The lowest BCUT2D eigenvalue weighted by Crippen LogP contribution is -2.48. The number of halogens is 1. The van der Waals surface area contributed by atoms with Crippen LogP contribution in [-0.2, 0) is 28.9 Å². The predicted octanol–water partition coefficient (Wildman–Crippen LogP) is 6.07. The van der Waals surface area contributed by atoms with Gasteiger partial charge in [-0.15, -0.1) is 0 Å². The summed E-state index contributed by atoms with van der Waals surface area (Å²) in [6.07, 6.45) is 10.5. The normalized spacial score (nSPS) is 25.0. The van der Waals surface area contributed by atoms with E-state index in [4.69, 9.17) is 10.5 Å². The molecule has 2 N–H and O–H groups in total. The highest BCUT2D eigenvalue weighted by Crippen LogP contribution is 2.60. The summed E-state index contributed by atoms with van der Waals surface area (Å²) in [6, 6.07) is 14.7. The van der Waals surface area contributed by atoms with Crippen molar-refractivity contribution in [3.8, 4) is 11.1 Å². The van der Waals surface area contributed by atoms with E-state index < -0.39 is 5.82 Å². The first-order valence-corrected chi connectivity index (χ1v) is 14.1. The number of hydrogen-bond donors (Lipinski definition) is 1. The van der Waals surface area contributed by atoms with Crippen molar-refractivity contribution < 1.29 is 18.7 Å². The van der Waals surface area contributed by atoms with Gasteiger partial charge in [0, 0.05) is 30.1 Å². The summed E-state index contributed by atoms with van der Waals surface area (Å²) < 4.78 is 19.9. The molecule has 0 atom stereocenters. The van der Waals surface area contributed by atoms with Crippen molar-refractivity contribution in [3.05, 3.63) is 89.0 Å². The molecule has 4 aliphatic carbocycles. The number of nitrogens with two attached hydrogens (primary N) is 1. The van der Waals surface area contributed by atoms with E-state index in [1.165, 1.54) is 50.8 Å². The number of nitrogens with zero attached hydrogens (tertiary/aromatic N) is 1. The lowest BCUT2D eigenvalue weighted by Gasteiger charge is -2.56. The summed E-state index contributed by atoms with van der Waals surface area (Å²) in [6.45, 7) is 0.856. The summed E-state index contributed by atoms with van der Waals surface area (Å²) in [5.41, 5.74) is 10.5. The average Bonchev–Trinajstić information content (AvgIpc) is 2.92. The van der Waals surface area contributed by atoms with Crippen molar-refractivity contribution in [2.45, 2.75) is 57.9 Å². The summed E-state index contributed by atoms with van der Waals surface area (Å²) >= 11 is 0. The number of esters is 1. The number of carbonyl (C=O) groups excluding carboxylic acids is 2. The maximum atomic E-state index is 14.0. The van der Waals surface area contributed by atoms with Crippen LogP contribution in [0.3, 0.4) is 0 Å². The zero-order valence-corrected chi connectivity index (χ0v) is 22.2. The quantitative estimate of drug-likeness (QED) is 0.270. The number of benzene rings is 2. The van der Waals surface area contributed by atoms with Gasteiger partial charge in [-0.05, 0) is 96.2 Å². The molecule has 4 fully saturated rings. The lowest BCUT2D eigenvalue weighted by atomic mass is 9.50. The number of aromatic nitrogens is 1. The van der Waals surface area contributed by atoms with Gasteiger partial charge in [-0.1, -0.05) is 36.4 Å². The third kappa shape index (κ3) is 5.53. The van der Waals surface area contributed by atoms with Crippen molar-refractivity contribution in [1.29, 1.82) is 0 Å². The Morgan fingerprint density at radius 1 is 0.949 bits per heavy atom. The molecule has 0 saturated heterocycles. The van der Waals surface area contributed by atoms with Crippen LogP contribution in [0.15, 0.2) is 60.9 Å². The molecule has 4 aliphatic rings. The van der Waals surface area contributed by atoms with Gasteiger partial charge in [-0.3, -0.25) is 14.6 Å². The Morgan fingerprint density at radius 3 is 2.38 bits per heavy atom. The van der Waals surface area contributed by atoms with Gasteiger partial charge in [0.1, 0.15) is 5.82 Å². The highest BCUT2D eigenvalue weighted by Gasteiger charge is 2.51. The summed E-state index contributed by atoms with van der Waals surface area (Å²) in [5.74, 6) is 1.62. The van der Waals surface area contributed by atoms with Crippen LogP contribution >= 0.6 is 0 Å². The largest absolute Gasteiger partial charge is 0.465 e. The van der Waals surface area contributed by atoms with Crippen molar-refractivity contribution in [2.75, 3.05) is 6.61 Å². The minimum absolute atomic E-state index is 0.0502. The van der Waals surface area contributed by atoms with E-state index >= 15 is 0 Å². The molecular weight excluding hydrogens is 491 g/mol. The molecule has 39 heavy (non-hydrogen) atoms. The van der Waals surface area contributed by atoms with Gasteiger partial charge < -0.3 is 10.5 Å². The molecule has 1 heterocycles. The number of Topliss-reactive ketones (excluding diaryl/α,β-unsaturated/α-hetero) is 1. The Kier molecular flexibility index (Phi) is 7.06. The minimum atomic E-state index is -0.493. The molecule has 3 aromatic rings. The fraction of sp³-hybridized carbons (Fsp3) is 0.424. The van der Waals surface area contributed by atoms with Crippen LogP contribution in [0.2, 0.25) is 0 Å². The van der Waals surface area contributed by atoms with Crippen molar-refractivity contribution in [2.24, 2.45) is 28.9 Å². The Morgan fingerprint density at radius 2 is 1.69 bits per heavy atom. The van der Waals surface area contributed by atoms with Crippen LogP contribution in [0.5, 0.6) is 0 Å². The zero-order valence-electron chi connectivity index (χ0n) is 22.2. The lowest BCUT2D eigenvalue weighted by molar-refractivity contribution is -0.154. The van der Waals surface area contributed by atoms with Crippen LogP contribution in [-0.4, -0.2) is 23.3 Å². The standard InChI is InChI=1S/C33H35FN2O3/c34-30-19-36-7-6-26(30)14-31(37)27-4-5-28(18-35)29(13-27)25-3-1-2-21(11-25)12-32(38)39-20-33-15-22-8-23(16-33)10-24(9-22)17-33/h1-7,11,13,19,22-24H,8-10,12,14-18,20,35H2. The average molecular weight is 527 g/mol. The molecular formula is C33H35FN2O3. The summed E-state index contributed by atoms with van der Waals surface area (Å²) in [5, 5.41) is 0. The molecule has 0 radical (unpaired) electrons. The highest BCUT2D eigenvalue weighted by atomic mass is 19.1. The van der Waals surface area contributed by atoms with Crippen LogP contribution in [0, 0.1) is 29.0 Å². The number of pyridine rings is 1. The molecule has 6 heteroatoms. The maximum absolute atomic E-state index is 14.0. The Bertz CT molecular complexity index is 1370. The van der Waals surface area contributed by atoms with E-state index in [-0.39, 0.29) is 30.0 Å². The number of rotatable bonds is 9. The van der Waals surface area contributed by atoms with Crippen LogP contribution in [0.1, 0.15) is 65.6 Å². The van der Waals surface area contributed by atoms with E-state index in [1.54, 1.807) is 6.07 Å². The van der Waals surface area contributed by atoms with E-state index in [9.17, 15) is 14.0 Å². The Hall–Kier alpha value is -3.38. The molecule has 4 saturated carbocycles. The number of ether oxygens (including phenoxy) is 1. The first kappa shape index (κ1) is 25.9. The SMILES string of the molecule is NCc1ccc(C(=O)Cc2ccncc2F)cc1-c1cccc(CC(=O)OCC23CC4CC(CC(C4)C2)C3)c1. The molecule has 5 nitrogen and oxygen atoms in total. The summed E-state index contributed by atoms with van der Waals surface area (Å²) in [4.78, 5) is 29.6. The molecule has 0 spiro atoms. The molecule has 1 aromatic heterocycles. The zero-order chi connectivity index (χ0) is 27.0. The number of carbonyl (C=O) groups is 2. The van der Waals surface area contributed by atoms with Crippen molar-refractivity contribution >= 4 is 11.8 Å². The number of ketones is 1. The summed E-state index contributed by atoms with van der Waals surface area (Å²) in [7, 11) is 0. The Labute approximate surface area is 229 Å². The first-order chi connectivity index (χ1) is 18.9. The van der Waals surface area contributed by atoms with Gasteiger partial charge in [0.05, 0.1) is 19.2 Å². The molecule has 0 aliphatic heterocycles. The molecule has 202 valence electrons. The van der Waals surface area contributed by atoms with Crippen molar-refractivity contribution in [3.63, 3.8) is 0 Å². The number of hydrogen-bond acceptors (Lipinski definition) is 5. The van der Waals surface area contributed by atoms with Gasteiger partial charge in [0.25, 0.3) is 0 Å². The second kappa shape index (κ2) is 10.6. The van der Waals surface area contributed by atoms with E-state index in [1.807, 2.05) is 36.4 Å². The van der Waals surface area contributed by atoms with Crippen LogP contribution in [0.25, 0.3) is 11.1 Å². The van der Waals surface area contributed by atoms with E-state index in [0.717, 1.165) is 46.2 Å². The maximum Gasteiger partial charge on any atom is 0.310 e. The fourth-order valence-corrected chi connectivity index (χ4v) is 7.79. The fourth-order valence-electron chi connectivity index (χ4n) is 7.79. The third-order valence-corrected chi connectivity index (χ3v) is 9.15. The highest BCUT2D eigenvalue weighted by molar-refractivity contribution is 5.98. The first-order valence-electron chi connectivity index (χ1n) is 14.1. The van der Waals surface area contributed by atoms with Gasteiger partial charge >= 0.3 is 5.97 Å². The topological polar surface area (TPSA) is 82.3 Å². The third-order valence-electron chi connectivity index (χ3n) is 9.15.